The van der Waals surface area contributed by atoms with Gasteiger partial charge in [-0.15, -0.1) is 0 Å². The highest BCUT2D eigenvalue weighted by Gasteiger charge is 2.32. The molecule has 5 rings (SSSR count). The molecular formula is C28H23N3O3S. The number of benzene rings is 3. The van der Waals surface area contributed by atoms with E-state index in [9.17, 15) is 9.59 Å². The third-order valence-electron chi connectivity index (χ3n) is 5.80. The van der Waals surface area contributed by atoms with Gasteiger partial charge in [0.05, 0.1) is 29.0 Å². The first-order valence-electron chi connectivity index (χ1n) is 11.1. The number of nitrogens with one attached hydrogen (secondary N) is 1. The lowest BCUT2D eigenvalue weighted by molar-refractivity contribution is -0.113. The number of nitrogens with zero attached hydrogens (tertiary/aromatic N) is 2. The van der Waals surface area contributed by atoms with Crippen LogP contribution in [0.5, 0.6) is 5.75 Å². The second-order valence-corrected chi connectivity index (χ2v) is 9.10. The Morgan fingerprint density at radius 3 is 2.46 bits per heavy atom. The molecule has 1 atom stereocenters. The van der Waals surface area contributed by atoms with Crippen molar-refractivity contribution in [2.45, 2.75) is 13.0 Å². The van der Waals surface area contributed by atoms with Gasteiger partial charge in [-0.25, -0.2) is 4.99 Å². The largest absolute Gasteiger partial charge is 0.497 e. The molecule has 0 radical (unpaired) electrons. The first-order chi connectivity index (χ1) is 17.0. The smallest absolute Gasteiger partial charge is 0.271 e. The molecule has 174 valence electrons. The van der Waals surface area contributed by atoms with Gasteiger partial charge in [-0.1, -0.05) is 72.0 Å². The molecule has 1 aromatic heterocycles. The summed E-state index contributed by atoms with van der Waals surface area (Å²) in [6.45, 7) is 1.81. The van der Waals surface area contributed by atoms with E-state index in [-0.39, 0.29) is 11.5 Å². The van der Waals surface area contributed by atoms with E-state index in [1.807, 2.05) is 91.0 Å². The van der Waals surface area contributed by atoms with Crippen LogP contribution in [0.2, 0.25) is 0 Å². The number of carbonyl (C=O) groups is 1. The molecule has 6 nitrogen and oxygen atoms in total. The Kier molecular flexibility index (Phi) is 6.16. The number of aromatic nitrogens is 1. The quantitative estimate of drug-likeness (QED) is 0.470. The van der Waals surface area contributed by atoms with Gasteiger partial charge in [0.25, 0.3) is 11.5 Å². The minimum absolute atomic E-state index is 0.192. The molecule has 2 heterocycles. The van der Waals surface area contributed by atoms with Crippen molar-refractivity contribution >= 4 is 29.0 Å². The van der Waals surface area contributed by atoms with Crippen LogP contribution in [0.4, 0.5) is 5.69 Å². The molecule has 0 spiro atoms. The zero-order valence-electron chi connectivity index (χ0n) is 19.3. The number of carbonyl (C=O) groups excluding carboxylic acids is 1. The number of hydrogen-bond donors (Lipinski definition) is 1. The van der Waals surface area contributed by atoms with Gasteiger partial charge in [0.2, 0.25) is 0 Å². The average molecular weight is 482 g/mol. The van der Waals surface area contributed by atoms with E-state index in [1.165, 1.54) is 11.3 Å². The highest BCUT2D eigenvalue weighted by Crippen LogP contribution is 2.32. The fraction of sp³-hybridized carbons (Fsp3) is 0.107. The Morgan fingerprint density at radius 1 is 1.03 bits per heavy atom. The summed E-state index contributed by atoms with van der Waals surface area (Å²) in [5.74, 6) is 0.342. The fourth-order valence-corrected chi connectivity index (χ4v) is 5.21. The number of amides is 1. The van der Waals surface area contributed by atoms with Crippen LogP contribution in [-0.2, 0) is 4.79 Å². The molecule has 0 unspecified atom stereocenters. The van der Waals surface area contributed by atoms with Crippen molar-refractivity contribution in [3.63, 3.8) is 0 Å². The molecule has 0 fully saturated rings. The lowest BCUT2D eigenvalue weighted by Gasteiger charge is -2.25. The van der Waals surface area contributed by atoms with Gasteiger partial charge in [-0.2, -0.15) is 0 Å². The summed E-state index contributed by atoms with van der Waals surface area (Å²) in [7, 11) is 1.59. The van der Waals surface area contributed by atoms with Gasteiger partial charge in [0, 0.05) is 5.69 Å². The molecule has 0 bridgehead atoms. The summed E-state index contributed by atoms with van der Waals surface area (Å²) in [5, 5.41) is 2.96. The monoisotopic (exact) mass is 481 g/mol. The predicted octanol–water partition coefficient (Wildman–Crippen LogP) is 3.88. The number of para-hydroxylation sites is 1. The van der Waals surface area contributed by atoms with E-state index in [2.05, 4.69) is 10.3 Å². The molecule has 0 saturated carbocycles. The molecule has 1 N–H and O–H groups in total. The van der Waals surface area contributed by atoms with Crippen molar-refractivity contribution in [3.05, 3.63) is 127 Å². The van der Waals surface area contributed by atoms with Crippen LogP contribution in [0.25, 0.3) is 6.08 Å². The molecule has 35 heavy (non-hydrogen) atoms. The third kappa shape index (κ3) is 4.46. The van der Waals surface area contributed by atoms with Gasteiger partial charge in [0.1, 0.15) is 5.75 Å². The maximum atomic E-state index is 13.7. The van der Waals surface area contributed by atoms with Crippen LogP contribution < -0.4 is 24.9 Å². The standard InChI is InChI=1S/C28H23N3O3S/c1-18-24(26(32)30-21-13-7-4-8-14-21)25(20-12-9-15-22(17-20)34-2)31-27(33)23(35-28(31)29-18)16-19-10-5-3-6-11-19/h3-17,25H,1-2H3,(H,30,32)/b23-16-/t25-/m1/s1. The Morgan fingerprint density at radius 2 is 1.74 bits per heavy atom. The SMILES string of the molecule is COc1cccc([C@@H]2C(C(=O)Nc3ccccc3)=C(C)N=c3s/c(=C\c4ccccc4)c(=O)n32)c1. The molecule has 4 aromatic rings. The minimum Gasteiger partial charge on any atom is -0.497 e. The average Bonchev–Trinajstić information content (AvgIpc) is 3.18. The second kappa shape index (κ2) is 9.56. The van der Waals surface area contributed by atoms with Crippen LogP contribution in [0.3, 0.4) is 0 Å². The van der Waals surface area contributed by atoms with Crippen molar-refractivity contribution in [1.29, 1.82) is 0 Å². The second-order valence-electron chi connectivity index (χ2n) is 8.09. The number of rotatable bonds is 5. The van der Waals surface area contributed by atoms with Crippen molar-refractivity contribution in [3.8, 4) is 5.75 Å². The van der Waals surface area contributed by atoms with E-state index in [1.54, 1.807) is 18.6 Å². The number of methoxy groups -OCH3 is 1. The number of fused-ring (bicyclic) bond motifs is 1. The highest BCUT2D eigenvalue weighted by atomic mass is 32.1. The Hall–Kier alpha value is -4.23. The molecule has 7 heteroatoms. The van der Waals surface area contributed by atoms with Crippen LogP contribution >= 0.6 is 11.3 Å². The predicted molar refractivity (Wildman–Crippen MR) is 138 cm³/mol. The van der Waals surface area contributed by atoms with Gasteiger partial charge < -0.3 is 10.1 Å². The topological polar surface area (TPSA) is 72.7 Å². The van der Waals surface area contributed by atoms with E-state index < -0.39 is 6.04 Å². The van der Waals surface area contributed by atoms with E-state index in [4.69, 9.17) is 4.74 Å². The van der Waals surface area contributed by atoms with Crippen LogP contribution in [0, 0.1) is 0 Å². The summed E-state index contributed by atoms with van der Waals surface area (Å²) in [6.07, 6.45) is 1.86. The number of hydrogen-bond acceptors (Lipinski definition) is 5. The fourth-order valence-electron chi connectivity index (χ4n) is 4.16. The molecule has 0 aliphatic carbocycles. The van der Waals surface area contributed by atoms with E-state index >= 15 is 0 Å². The van der Waals surface area contributed by atoms with Gasteiger partial charge in [-0.3, -0.25) is 14.2 Å². The molecule has 0 saturated heterocycles. The number of anilines is 1. The van der Waals surface area contributed by atoms with Gasteiger partial charge in [-0.05, 0) is 48.4 Å². The van der Waals surface area contributed by atoms with Crippen LogP contribution in [0.1, 0.15) is 24.1 Å². The summed E-state index contributed by atoms with van der Waals surface area (Å²) >= 11 is 1.32. The normalized spacial score (nSPS) is 15.4. The van der Waals surface area contributed by atoms with E-state index in [0.717, 1.165) is 11.1 Å². The lowest BCUT2D eigenvalue weighted by atomic mass is 9.95. The zero-order chi connectivity index (χ0) is 24.4. The van der Waals surface area contributed by atoms with Crippen molar-refractivity contribution in [2.24, 2.45) is 4.99 Å². The molecule has 1 aliphatic rings. The van der Waals surface area contributed by atoms with Crippen LogP contribution in [0.15, 0.2) is 106 Å². The lowest BCUT2D eigenvalue weighted by Crippen LogP contribution is -2.40. The summed E-state index contributed by atoms with van der Waals surface area (Å²) < 4.78 is 7.60. The van der Waals surface area contributed by atoms with Crippen molar-refractivity contribution in [1.82, 2.24) is 4.57 Å². The van der Waals surface area contributed by atoms with E-state index in [0.29, 0.717) is 32.0 Å². The molecular weight excluding hydrogens is 458 g/mol. The van der Waals surface area contributed by atoms with Crippen molar-refractivity contribution < 1.29 is 9.53 Å². The first-order valence-corrected chi connectivity index (χ1v) is 11.9. The summed E-state index contributed by atoms with van der Waals surface area (Å²) in [5.41, 5.74) is 3.16. The molecule has 1 amide bonds. The number of ether oxygens (including phenoxy) is 1. The zero-order valence-corrected chi connectivity index (χ0v) is 20.1. The highest BCUT2D eigenvalue weighted by molar-refractivity contribution is 7.07. The first kappa shape index (κ1) is 22.6. The molecule has 3 aromatic carbocycles. The maximum Gasteiger partial charge on any atom is 0.271 e. The summed E-state index contributed by atoms with van der Waals surface area (Å²) in [4.78, 5) is 32.5. The number of allylic oxidation sites excluding steroid dienone is 1. The minimum atomic E-state index is -0.650. The van der Waals surface area contributed by atoms with Gasteiger partial charge >= 0.3 is 0 Å². The van der Waals surface area contributed by atoms with Crippen molar-refractivity contribution in [2.75, 3.05) is 12.4 Å². The Labute approximate surface area is 206 Å². The maximum absolute atomic E-state index is 13.7. The molecule has 1 aliphatic heterocycles. The Bertz CT molecular complexity index is 1600. The number of thiazole rings is 1. The van der Waals surface area contributed by atoms with Crippen LogP contribution in [-0.4, -0.2) is 17.6 Å². The summed E-state index contributed by atoms with van der Waals surface area (Å²) in [6, 6.07) is 25.7. The Balaban J connectivity index is 1.69. The third-order valence-corrected chi connectivity index (χ3v) is 6.79. The van der Waals surface area contributed by atoms with Gasteiger partial charge in [0.15, 0.2) is 4.80 Å².